The van der Waals surface area contributed by atoms with Gasteiger partial charge in [0.1, 0.15) is 12.4 Å². The number of benzene rings is 4. The highest BCUT2D eigenvalue weighted by Crippen LogP contribution is 2.21. The Morgan fingerprint density at radius 2 is 1.62 bits per heavy atom. The molecule has 0 aliphatic carbocycles. The third kappa shape index (κ3) is 7.86. The summed E-state index contributed by atoms with van der Waals surface area (Å²) in [5.74, 6) is 0.174. The summed E-state index contributed by atoms with van der Waals surface area (Å²) in [4.78, 5) is 12.8. The summed E-state index contributed by atoms with van der Waals surface area (Å²) < 4.78 is 34.4. The molecule has 8 nitrogen and oxygen atoms in total. The Morgan fingerprint density at radius 1 is 0.950 bits per heavy atom. The van der Waals surface area contributed by atoms with Crippen LogP contribution in [0.25, 0.3) is 0 Å². The molecule has 1 amide bonds. The van der Waals surface area contributed by atoms with E-state index in [1.165, 1.54) is 18.3 Å². The zero-order chi connectivity index (χ0) is 28.4. The highest BCUT2D eigenvalue weighted by molar-refractivity contribution is 7.89. The van der Waals surface area contributed by atoms with Gasteiger partial charge in [-0.05, 0) is 60.5 Å². The van der Waals surface area contributed by atoms with Gasteiger partial charge in [0.05, 0.1) is 28.8 Å². The minimum atomic E-state index is -3.86. The van der Waals surface area contributed by atoms with Crippen molar-refractivity contribution in [3.63, 3.8) is 0 Å². The molecule has 9 heteroatoms. The first-order valence-corrected chi connectivity index (χ1v) is 14.0. The molecule has 0 aliphatic heterocycles. The second-order valence-corrected chi connectivity index (χ2v) is 10.7. The molecule has 0 unspecified atom stereocenters. The molecule has 40 heavy (non-hydrogen) atoms. The van der Waals surface area contributed by atoms with Crippen LogP contribution < -0.4 is 14.9 Å². The van der Waals surface area contributed by atoms with E-state index in [9.17, 15) is 18.5 Å². The molecule has 0 heterocycles. The van der Waals surface area contributed by atoms with E-state index in [-0.39, 0.29) is 17.9 Å². The van der Waals surface area contributed by atoms with E-state index in [2.05, 4.69) is 21.3 Å². The lowest BCUT2D eigenvalue weighted by atomic mass is 10.0. The summed E-state index contributed by atoms with van der Waals surface area (Å²) >= 11 is 0. The van der Waals surface area contributed by atoms with Crippen LogP contribution in [0.5, 0.6) is 5.75 Å². The largest absolute Gasteiger partial charge is 0.489 e. The van der Waals surface area contributed by atoms with E-state index < -0.39 is 22.0 Å². The SMILES string of the molecule is Cc1ccc(S(=O)(=O)N[C@@H](CC(=O)N/N=C\c2ccc(OCc3ccccc3C#N)cc2)c2ccccc2)cc1. The number of hydrogen-bond acceptors (Lipinski definition) is 6. The molecule has 202 valence electrons. The predicted molar refractivity (Wildman–Crippen MR) is 153 cm³/mol. The molecule has 4 aromatic carbocycles. The van der Waals surface area contributed by atoms with E-state index in [1.807, 2.05) is 25.1 Å². The van der Waals surface area contributed by atoms with Crippen molar-refractivity contribution in [3.05, 3.63) is 131 Å². The van der Waals surface area contributed by atoms with Crippen molar-refractivity contribution in [2.75, 3.05) is 0 Å². The van der Waals surface area contributed by atoms with E-state index in [4.69, 9.17) is 4.74 Å². The first-order valence-electron chi connectivity index (χ1n) is 12.5. The number of carbonyl (C=O) groups excluding carboxylic acids is 1. The first-order chi connectivity index (χ1) is 19.3. The third-order valence-electron chi connectivity index (χ3n) is 6.04. The standard InChI is InChI=1S/C31H28N4O4S/c1-23-11-17-29(18-12-23)40(37,38)35-30(25-7-3-2-4-8-25)19-31(36)34-33-21-24-13-15-28(16-14-24)39-22-27-10-6-5-9-26(27)20-32/h2-18,21,30,35H,19,22H2,1H3,(H,34,36)/b33-21-/t30-/m0/s1. The molecule has 0 spiro atoms. The highest BCUT2D eigenvalue weighted by atomic mass is 32.2. The lowest BCUT2D eigenvalue weighted by Crippen LogP contribution is -2.32. The summed E-state index contributed by atoms with van der Waals surface area (Å²) in [5, 5.41) is 13.2. The quantitative estimate of drug-likeness (QED) is 0.200. The van der Waals surface area contributed by atoms with Gasteiger partial charge in [-0.15, -0.1) is 0 Å². The number of hydrogen-bond donors (Lipinski definition) is 2. The maximum atomic E-state index is 13.0. The van der Waals surface area contributed by atoms with Gasteiger partial charge in [-0.25, -0.2) is 18.6 Å². The number of rotatable bonds is 11. The number of nitrogens with zero attached hydrogens (tertiary/aromatic N) is 2. The Morgan fingerprint density at radius 3 is 2.33 bits per heavy atom. The van der Waals surface area contributed by atoms with Crippen molar-refractivity contribution < 1.29 is 17.9 Å². The molecular weight excluding hydrogens is 524 g/mol. The Bertz CT molecular complexity index is 1610. The minimum absolute atomic E-state index is 0.124. The van der Waals surface area contributed by atoms with Crippen LogP contribution in [0.1, 0.15) is 40.3 Å². The summed E-state index contributed by atoms with van der Waals surface area (Å²) in [6.45, 7) is 2.14. The summed E-state index contributed by atoms with van der Waals surface area (Å²) in [6, 6.07) is 31.1. The zero-order valence-corrected chi connectivity index (χ0v) is 22.6. The Hall–Kier alpha value is -4.78. The Kier molecular flexibility index (Phi) is 9.41. The van der Waals surface area contributed by atoms with Crippen LogP contribution in [0.4, 0.5) is 0 Å². The van der Waals surface area contributed by atoms with Crippen molar-refractivity contribution in [2.45, 2.75) is 30.9 Å². The lowest BCUT2D eigenvalue weighted by molar-refractivity contribution is -0.121. The van der Waals surface area contributed by atoms with Crippen molar-refractivity contribution in [2.24, 2.45) is 5.10 Å². The van der Waals surface area contributed by atoms with E-state index >= 15 is 0 Å². The van der Waals surface area contributed by atoms with Crippen molar-refractivity contribution in [1.82, 2.24) is 10.1 Å². The van der Waals surface area contributed by atoms with Gasteiger partial charge in [0.15, 0.2) is 0 Å². The van der Waals surface area contributed by atoms with E-state index in [1.54, 1.807) is 72.8 Å². The average Bonchev–Trinajstić information content (AvgIpc) is 2.97. The van der Waals surface area contributed by atoms with Gasteiger partial charge < -0.3 is 4.74 Å². The fourth-order valence-corrected chi connectivity index (χ4v) is 5.09. The van der Waals surface area contributed by atoms with Crippen LogP contribution in [0.2, 0.25) is 0 Å². The Labute approximate surface area is 234 Å². The predicted octanol–water partition coefficient (Wildman–Crippen LogP) is 5.01. The van der Waals surface area contributed by atoms with Gasteiger partial charge >= 0.3 is 0 Å². The van der Waals surface area contributed by atoms with Gasteiger partial charge in [0.25, 0.3) is 0 Å². The maximum Gasteiger partial charge on any atom is 0.242 e. The minimum Gasteiger partial charge on any atom is -0.489 e. The number of nitriles is 1. The van der Waals surface area contributed by atoms with Crippen LogP contribution in [0.3, 0.4) is 0 Å². The van der Waals surface area contributed by atoms with Crippen molar-refractivity contribution in [1.29, 1.82) is 5.26 Å². The van der Waals surface area contributed by atoms with Gasteiger partial charge in [0, 0.05) is 12.0 Å². The zero-order valence-electron chi connectivity index (χ0n) is 21.8. The number of sulfonamides is 1. The number of amides is 1. The first kappa shape index (κ1) is 28.2. The molecule has 0 saturated carbocycles. The topological polar surface area (TPSA) is 121 Å². The number of hydrazone groups is 1. The van der Waals surface area contributed by atoms with Gasteiger partial charge in [0.2, 0.25) is 15.9 Å². The third-order valence-corrected chi connectivity index (χ3v) is 7.52. The van der Waals surface area contributed by atoms with Crippen LogP contribution in [-0.4, -0.2) is 20.5 Å². The maximum absolute atomic E-state index is 13.0. The number of ether oxygens (including phenoxy) is 1. The van der Waals surface area contributed by atoms with Crippen LogP contribution in [0, 0.1) is 18.3 Å². The molecule has 2 N–H and O–H groups in total. The summed E-state index contributed by atoms with van der Waals surface area (Å²) in [7, 11) is -3.86. The van der Waals surface area contributed by atoms with E-state index in [0.29, 0.717) is 16.9 Å². The summed E-state index contributed by atoms with van der Waals surface area (Å²) in [5.41, 5.74) is 6.17. The second-order valence-electron chi connectivity index (χ2n) is 9.02. The molecule has 0 radical (unpaired) electrons. The number of carbonyl (C=O) groups is 1. The number of aryl methyl sites for hydroxylation is 1. The molecule has 0 saturated heterocycles. The average molecular weight is 553 g/mol. The molecule has 4 rings (SSSR count). The smallest absolute Gasteiger partial charge is 0.242 e. The highest BCUT2D eigenvalue weighted by Gasteiger charge is 2.23. The lowest BCUT2D eigenvalue weighted by Gasteiger charge is -2.18. The van der Waals surface area contributed by atoms with Crippen molar-refractivity contribution >= 4 is 22.1 Å². The molecule has 0 bridgehead atoms. The fraction of sp³-hybridized carbons (Fsp3) is 0.129. The fourth-order valence-electron chi connectivity index (χ4n) is 3.86. The van der Waals surface area contributed by atoms with Crippen LogP contribution >= 0.6 is 0 Å². The molecule has 0 aromatic heterocycles. The summed E-state index contributed by atoms with van der Waals surface area (Å²) in [6.07, 6.45) is 1.34. The molecule has 0 fully saturated rings. The molecule has 1 atom stereocenters. The van der Waals surface area contributed by atoms with E-state index in [0.717, 1.165) is 16.7 Å². The second kappa shape index (κ2) is 13.3. The number of nitrogens with one attached hydrogen (secondary N) is 2. The van der Waals surface area contributed by atoms with Gasteiger partial charge in [-0.3, -0.25) is 4.79 Å². The molecule has 4 aromatic rings. The Balaban J connectivity index is 1.35. The molecule has 0 aliphatic rings. The van der Waals surface area contributed by atoms with Gasteiger partial charge in [-0.2, -0.15) is 10.4 Å². The molecular formula is C31H28N4O4S. The monoisotopic (exact) mass is 552 g/mol. The van der Waals surface area contributed by atoms with Crippen molar-refractivity contribution in [3.8, 4) is 11.8 Å². The van der Waals surface area contributed by atoms with Gasteiger partial charge in [-0.1, -0.05) is 66.2 Å². The van der Waals surface area contributed by atoms with Crippen LogP contribution in [-0.2, 0) is 21.4 Å². The van der Waals surface area contributed by atoms with Crippen LogP contribution in [0.15, 0.2) is 113 Å². The normalized spacial score (nSPS) is 12.0.